The van der Waals surface area contributed by atoms with Crippen molar-refractivity contribution in [1.29, 1.82) is 0 Å². The average Bonchev–Trinajstić information content (AvgIpc) is 2.88. The maximum atomic E-state index is 15.0. The van der Waals surface area contributed by atoms with Gasteiger partial charge in [-0.1, -0.05) is 13.0 Å². The molecule has 2 aliphatic rings. The van der Waals surface area contributed by atoms with Crippen LogP contribution in [0.1, 0.15) is 43.0 Å². The van der Waals surface area contributed by atoms with Crippen LogP contribution in [0.15, 0.2) is 30.5 Å². The van der Waals surface area contributed by atoms with Gasteiger partial charge < -0.3 is 9.64 Å². The summed E-state index contributed by atoms with van der Waals surface area (Å²) in [5, 5.41) is 0. The molecule has 5 rings (SSSR count). The lowest BCUT2D eigenvalue weighted by Gasteiger charge is -2.36. The van der Waals surface area contributed by atoms with Crippen molar-refractivity contribution in [2.45, 2.75) is 45.7 Å². The van der Waals surface area contributed by atoms with Crippen LogP contribution in [0.4, 0.5) is 14.5 Å². The van der Waals surface area contributed by atoms with Gasteiger partial charge in [0.15, 0.2) is 17.4 Å². The third-order valence-corrected chi connectivity index (χ3v) is 8.23. The Kier molecular flexibility index (Phi) is 6.84. The molecule has 4 heterocycles. The molecular formula is C26H29F2N5O3S. The molecule has 0 radical (unpaired) electrons. The predicted octanol–water partition coefficient (Wildman–Crippen LogP) is 3.72. The van der Waals surface area contributed by atoms with Crippen LogP contribution < -0.4 is 9.64 Å². The molecule has 0 N–H and O–H groups in total. The summed E-state index contributed by atoms with van der Waals surface area (Å²) in [6, 6.07) is 6.81. The summed E-state index contributed by atoms with van der Waals surface area (Å²) in [4.78, 5) is 15.3. The van der Waals surface area contributed by atoms with E-state index in [9.17, 15) is 12.8 Å². The first-order valence-corrected chi connectivity index (χ1v) is 14.2. The SMILES string of the molecule is CCC(C)N1CCOc2c(F)cc(-c3nc(Cc4ccc5c(n4)CCN(S(C)(=O)=O)C5)ncc3F)cc21. The molecule has 0 aliphatic carbocycles. The minimum atomic E-state index is -3.27. The summed E-state index contributed by atoms with van der Waals surface area (Å²) in [5.74, 6) is -0.669. The molecular weight excluding hydrogens is 500 g/mol. The molecule has 37 heavy (non-hydrogen) atoms. The van der Waals surface area contributed by atoms with E-state index in [1.807, 2.05) is 6.07 Å². The number of aromatic nitrogens is 3. The van der Waals surface area contributed by atoms with Gasteiger partial charge >= 0.3 is 0 Å². The van der Waals surface area contributed by atoms with Gasteiger partial charge in [-0.3, -0.25) is 4.98 Å². The van der Waals surface area contributed by atoms with Crippen LogP contribution in [0.5, 0.6) is 5.75 Å². The predicted molar refractivity (Wildman–Crippen MR) is 136 cm³/mol. The number of fused-ring (bicyclic) bond motifs is 2. The van der Waals surface area contributed by atoms with E-state index < -0.39 is 21.7 Å². The Hall–Kier alpha value is -3.18. The highest BCUT2D eigenvalue weighted by atomic mass is 32.2. The maximum Gasteiger partial charge on any atom is 0.211 e. The molecule has 0 saturated carbocycles. The second-order valence-corrected chi connectivity index (χ2v) is 11.5. The molecule has 1 aromatic carbocycles. The smallest absolute Gasteiger partial charge is 0.211 e. The highest BCUT2D eigenvalue weighted by molar-refractivity contribution is 7.88. The first-order valence-electron chi connectivity index (χ1n) is 12.3. The topological polar surface area (TPSA) is 88.5 Å². The van der Waals surface area contributed by atoms with Crippen molar-refractivity contribution in [2.24, 2.45) is 0 Å². The summed E-state index contributed by atoms with van der Waals surface area (Å²) in [5.41, 5.74) is 3.31. The largest absolute Gasteiger partial charge is 0.486 e. The zero-order chi connectivity index (χ0) is 26.3. The molecule has 2 aliphatic heterocycles. The van der Waals surface area contributed by atoms with Gasteiger partial charge in [0.05, 0.1) is 31.1 Å². The van der Waals surface area contributed by atoms with E-state index in [-0.39, 0.29) is 23.9 Å². The fourth-order valence-electron chi connectivity index (χ4n) is 4.79. The van der Waals surface area contributed by atoms with Gasteiger partial charge in [0.1, 0.15) is 18.1 Å². The van der Waals surface area contributed by atoms with E-state index in [1.165, 1.54) is 16.6 Å². The van der Waals surface area contributed by atoms with Gasteiger partial charge in [0.25, 0.3) is 0 Å². The Morgan fingerprint density at radius 1 is 1.14 bits per heavy atom. The summed E-state index contributed by atoms with van der Waals surface area (Å²) >= 11 is 0. The Bertz CT molecular complexity index is 1450. The fraction of sp³-hybridized carbons (Fsp3) is 0.423. The van der Waals surface area contributed by atoms with Crippen LogP contribution in [0.3, 0.4) is 0 Å². The molecule has 3 aromatic rings. The van der Waals surface area contributed by atoms with Gasteiger partial charge in [-0.25, -0.2) is 27.2 Å². The van der Waals surface area contributed by atoms with Crippen LogP contribution >= 0.6 is 0 Å². The van der Waals surface area contributed by atoms with Gasteiger partial charge in [-0.2, -0.15) is 4.31 Å². The Morgan fingerprint density at radius 3 is 2.70 bits per heavy atom. The number of hydrogen-bond donors (Lipinski definition) is 0. The van der Waals surface area contributed by atoms with Gasteiger partial charge in [0.2, 0.25) is 10.0 Å². The first kappa shape index (κ1) is 25.5. The van der Waals surface area contributed by atoms with Crippen LogP contribution in [-0.2, 0) is 29.4 Å². The number of halogens is 2. The fourth-order valence-corrected chi connectivity index (χ4v) is 5.58. The number of benzene rings is 1. The lowest BCUT2D eigenvalue weighted by molar-refractivity contribution is 0.285. The number of rotatable bonds is 6. The molecule has 1 atom stereocenters. The van der Waals surface area contributed by atoms with Gasteiger partial charge in [0, 0.05) is 42.5 Å². The Balaban J connectivity index is 1.44. The van der Waals surface area contributed by atoms with Crippen LogP contribution in [-0.4, -0.2) is 59.7 Å². The molecule has 8 nitrogen and oxygen atoms in total. The van der Waals surface area contributed by atoms with E-state index in [0.717, 1.165) is 23.9 Å². The van der Waals surface area contributed by atoms with Crippen molar-refractivity contribution in [1.82, 2.24) is 19.3 Å². The van der Waals surface area contributed by atoms with Crippen molar-refractivity contribution in [2.75, 3.05) is 30.9 Å². The lowest BCUT2D eigenvalue weighted by atomic mass is 10.1. The standard InChI is InChI=1S/C26H29F2N5O3S/c1-4-16(2)33-9-10-36-26-20(27)11-18(12-23(26)33)25-21(28)14-29-24(31-25)13-19-6-5-17-15-32(37(3,34)35)8-7-22(17)30-19/h5-6,11-12,14,16H,4,7-10,13,15H2,1-3H3. The van der Waals surface area contributed by atoms with E-state index in [4.69, 9.17) is 4.74 Å². The molecule has 0 bridgehead atoms. The minimum Gasteiger partial charge on any atom is -0.486 e. The number of nitrogens with zero attached hydrogens (tertiary/aromatic N) is 5. The maximum absolute atomic E-state index is 15.0. The molecule has 11 heteroatoms. The van der Waals surface area contributed by atoms with Crippen LogP contribution in [0, 0.1) is 11.6 Å². The van der Waals surface area contributed by atoms with Gasteiger partial charge in [-0.05, 0) is 37.1 Å². The number of ether oxygens (including phenoxy) is 1. The van der Waals surface area contributed by atoms with Crippen LogP contribution in [0.2, 0.25) is 0 Å². The molecule has 0 spiro atoms. The van der Waals surface area contributed by atoms with E-state index in [2.05, 4.69) is 33.7 Å². The monoisotopic (exact) mass is 529 g/mol. The highest BCUT2D eigenvalue weighted by Gasteiger charge is 2.27. The molecule has 0 amide bonds. The lowest BCUT2D eigenvalue weighted by Crippen LogP contribution is -2.39. The quantitative estimate of drug-likeness (QED) is 0.481. The number of hydrogen-bond acceptors (Lipinski definition) is 7. The first-order chi connectivity index (χ1) is 17.6. The van der Waals surface area contributed by atoms with Crippen molar-refractivity contribution in [3.8, 4) is 17.0 Å². The second-order valence-electron chi connectivity index (χ2n) is 9.52. The summed E-state index contributed by atoms with van der Waals surface area (Å²) in [6.07, 6.45) is 3.94. The van der Waals surface area contributed by atoms with Crippen molar-refractivity contribution >= 4 is 15.7 Å². The zero-order valence-corrected chi connectivity index (χ0v) is 21.9. The molecule has 2 aromatic heterocycles. The molecule has 1 unspecified atom stereocenters. The normalized spacial score (nSPS) is 16.6. The van der Waals surface area contributed by atoms with E-state index >= 15 is 4.39 Å². The average molecular weight is 530 g/mol. The molecule has 0 fully saturated rings. The minimum absolute atomic E-state index is 0.0168. The third kappa shape index (κ3) is 5.15. The summed E-state index contributed by atoms with van der Waals surface area (Å²) < 4.78 is 60.7. The van der Waals surface area contributed by atoms with Gasteiger partial charge in [-0.15, -0.1) is 0 Å². The van der Waals surface area contributed by atoms with Crippen molar-refractivity contribution in [3.63, 3.8) is 0 Å². The van der Waals surface area contributed by atoms with Crippen LogP contribution in [0.25, 0.3) is 11.3 Å². The molecule has 0 saturated heterocycles. The highest BCUT2D eigenvalue weighted by Crippen LogP contribution is 2.39. The summed E-state index contributed by atoms with van der Waals surface area (Å²) in [6.45, 7) is 5.80. The number of sulfonamides is 1. The Labute approximate surface area is 215 Å². The Morgan fingerprint density at radius 2 is 1.95 bits per heavy atom. The second kappa shape index (κ2) is 9.94. The summed E-state index contributed by atoms with van der Waals surface area (Å²) in [7, 11) is -3.27. The zero-order valence-electron chi connectivity index (χ0n) is 21.0. The van der Waals surface area contributed by atoms with Crippen molar-refractivity contribution in [3.05, 3.63) is 64.9 Å². The molecule has 196 valence electrons. The third-order valence-electron chi connectivity index (χ3n) is 6.98. The van der Waals surface area contributed by atoms with Crippen molar-refractivity contribution < 1.29 is 21.9 Å². The van der Waals surface area contributed by atoms with E-state index in [1.54, 1.807) is 12.1 Å². The number of anilines is 1. The van der Waals surface area contributed by atoms with E-state index in [0.29, 0.717) is 55.4 Å². The number of pyridine rings is 1.